The SMILES string of the molecule is CC(CC(C)(C)C)N(C)C1CCC1. The third-order valence-corrected chi connectivity index (χ3v) is 3.25. The van der Waals surface area contributed by atoms with Crippen LogP contribution in [0.3, 0.4) is 0 Å². The Morgan fingerprint density at radius 2 is 1.85 bits per heavy atom. The molecule has 1 nitrogen and oxygen atoms in total. The zero-order valence-electron chi connectivity index (χ0n) is 9.93. The third-order valence-electron chi connectivity index (χ3n) is 3.25. The highest BCUT2D eigenvalue weighted by Gasteiger charge is 2.27. The van der Waals surface area contributed by atoms with Crippen molar-refractivity contribution in [3.05, 3.63) is 0 Å². The molecule has 1 unspecified atom stereocenters. The van der Waals surface area contributed by atoms with Crippen LogP contribution in [0.15, 0.2) is 0 Å². The van der Waals surface area contributed by atoms with Gasteiger partial charge in [-0.1, -0.05) is 27.2 Å². The molecule has 0 N–H and O–H groups in total. The van der Waals surface area contributed by atoms with Crippen LogP contribution >= 0.6 is 0 Å². The van der Waals surface area contributed by atoms with E-state index in [1.165, 1.54) is 25.7 Å². The molecule has 13 heavy (non-hydrogen) atoms. The molecular formula is C12H25N. The van der Waals surface area contributed by atoms with Gasteiger partial charge < -0.3 is 4.90 Å². The summed E-state index contributed by atoms with van der Waals surface area (Å²) in [5.74, 6) is 0. The Morgan fingerprint density at radius 3 is 2.15 bits per heavy atom. The van der Waals surface area contributed by atoms with Crippen molar-refractivity contribution in [3.8, 4) is 0 Å². The van der Waals surface area contributed by atoms with E-state index in [0.29, 0.717) is 5.41 Å². The molecule has 1 atom stereocenters. The second-order valence-electron chi connectivity index (χ2n) is 5.86. The number of nitrogens with zero attached hydrogens (tertiary/aromatic N) is 1. The molecule has 78 valence electrons. The molecule has 0 aromatic carbocycles. The fourth-order valence-corrected chi connectivity index (χ4v) is 2.18. The summed E-state index contributed by atoms with van der Waals surface area (Å²) in [5.41, 5.74) is 0.470. The molecule has 0 amide bonds. The van der Waals surface area contributed by atoms with Crippen LogP contribution in [0.5, 0.6) is 0 Å². The Balaban J connectivity index is 2.33. The summed E-state index contributed by atoms with van der Waals surface area (Å²) in [4.78, 5) is 2.58. The van der Waals surface area contributed by atoms with Crippen LogP contribution in [0.1, 0.15) is 53.4 Å². The van der Waals surface area contributed by atoms with Crippen LogP contribution in [0, 0.1) is 5.41 Å². The highest BCUT2D eigenvalue weighted by molar-refractivity contribution is 4.82. The summed E-state index contributed by atoms with van der Waals surface area (Å²) in [5, 5.41) is 0. The van der Waals surface area contributed by atoms with Crippen LogP contribution < -0.4 is 0 Å². The van der Waals surface area contributed by atoms with E-state index in [2.05, 4.69) is 39.6 Å². The number of rotatable bonds is 3. The first-order chi connectivity index (χ1) is 5.90. The van der Waals surface area contributed by atoms with E-state index in [1.807, 2.05) is 0 Å². The first kappa shape index (κ1) is 11.0. The van der Waals surface area contributed by atoms with Crippen molar-refractivity contribution in [3.63, 3.8) is 0 Å². The Labute approximate surface area is 83.5 Å². The monoisotopic (exact) mass is 183 g/mol. The van der Waals surface area contributed by atoms with Gasteiger partial charge in [0.15, 0.2) is 0 Å². The average Bonchev–Trinajstić information content (AvgIpc) is 1.78. The Morgan fingerprint density at radius 1 is 1.31 bits per heavy atom. The van der Waals surface area contributed by atoms with Crippen molar-refractivity contribution in [2.75, 3.05) is 7.05 Å². The summed E-state index contributed by atoms with van der Waals surface area (Å²) in [6.45, 7) is 9.36. The lowest BCUT2D eigenvalue weighted by Gasteiger charge is -2.40. The second-order valence-corrected chi connectivity index (χ2v) is 5.86. The average molecular weight is 183 g/mol. The summed E-state index contributed by atoms with van der Waals surface area (Å²) < 4.78 is 0. The molecule has 0 aromatic rings. The van der Waals surface area contributed by atoms with Crippen molar-refractivity contribution in [2.45, 2.75) is 65.5 Å². The topological polar surface area (TPSA) is 3.24 Å². The minimum Gasteiger partial charge on any atom is -0.301 e. The standard InChI is InChI=1S/C12H25N/c1-10(9-12(2,3)4)13(5)11-7-6-8-11/h10-11H,6-9H2,1-5H3. The highest BCUT2D eigenvalue weighted by atomic mass is 15.2. The minimum atomic E-state index is 0.470. The Hall–Kier alpha value is -0.0400. The van der Waals surface area contributed by atoms with Crippen LogP contribution in [0.25, 0.3) is 0 Å². The lowest BCUT2D eigenvalue weighted by molar-refractivity contribution is 0.0938. The molecule has 1 aliphatic carbocycles. The summed E-state index contributed by atoms with van der Waals surface area (Å²) in [6.07, 6.45) is 5.59. The number of hydrogen-bond acceptors (Lipinski definition) is 1. The van der Waals surface area contributed by atoms with E-state index < -0.39 is 0 Å². The molecule has 0 radical (unpaired) electrons. The molecule has 0 saturated heterocycles. The molecule has 1 saturated carbocycles. The van der Waals surface area contributed by atoms with Gasteiger partial charge in [-0.2, -0.15) is 0 Å². The zero-order chi connectivity index (χ0) is 10.1. The normalized spacial score (nSPS) is 21.7. The van der Waals surface area contributed by atoms with Gasteiger partial charge in [0.2, 0.25) is 0 Å². The molecule has 1 rings (SSSR count). The fraction of sp³-hybridized carbons (Fsp3) is 1.00. The molecule has 0 heterocycles. The van der Waals surface area contributed by atoms with Crippen LogP contribution in [0.2, 0.25) is 0 Å². The van der Waals surface area contributed by atoms with Crippen molar-refractivity contribution < 1.29 is 0 Å². The first-order valence-corrected chi connectivity index (χ1v) is 5.62. The maximum absolute atomic E-state index is 2.58. The van der Waals surface area contributed by atoms with Crippen molar-refractivity contribution in [1.29, 1.82) is 0 Å². The van der Waals surface area contributed by atoms with Gasteiger partial charge in [0.1, 0.15) is 0 Å². The minimum absolute atomic E-state index is 0.470. The summed E-state index contributed by atoms with van der Waals surface area (Å²) >= 11 is 0. The fourth-order valence-electron chi connectivity index (χ4n) is 2.18. The van der Waals surface area contributed by atoms with Crippen LogP contribution in [-0.2, 0) is 0 Å². The molecule has 1 aliphatic rings. The third kappa shape index (κ3) is 3.30. The molecule has 1 heteroatoms. The molecule has 0 bridgehead atoms. The van der Waals surface area contributed by atoms with Gasteiger partial charge in [-0.15, -0.1) is 0 Å². The van der Waals surface area contributed by atoms with Crippen molar-refractivity contribution in [2.24, 2.45) is 5.41 Å². The maximum atomic E-state index is 2.58. The smallest absolute Gasteiger partial charge is 0.00950 e. The van der Waals surface area contributed by atoms with E-state index in [0.717, 1.165) is 12.1 Å². The predicted octanol–water partition coefficient (Wildman–Crippen LogP) is 3.30. The van der Waals surface area contributed by atoms with Gasteiger partial charge in [0.05, 0.1) is 0 Å². The predicted molar refractivity (Wildman–Crippen MR) is 58.9 cm³/mol. The zero-order valence-corrected chi connectivity index (χ0v) is 9.93. The maximum Gasteiger partial charge on any atom is 0.00950 e. The second kappa shape index (κ2) is 4.00. The largest absolute Gasteiger partial charge is 0.301 e. The lowest BCUT2D eigenvalue weighted by Crippen LogP contribution is -2.43. The lowest BCUT2D eigenvalue weighted by atomic mass is 9.85. The molecule has 0 aromatic heterocycles. The van der Waals surface area contributed by atoms with E-state index in [1.54, 1.807) is 0 Å². The molecular weight excluding hydrogens is 158 g/mol. The van der Waals surface area contributed by atoms with Gasteiger partial charge >= 0.3 is 0 Å². The van der Waals surface area contributed by atoms with E-state index in [9.17, 15) is 0 Å². The number of hydrogen-bond donors (Lipinski definition) is 0. The van der Waals surface area contributed by atoms with E-state index in [-0.39, 0.29) is 0 Å². The molecule has 0 spiro atoms. The van der Waals surface area contributed by atoms with Crippen molar-refractivity contribution >= 4 is 0 Å². The van der Waals surface area contributed by atoms with Gasteiger partial charge in [0.25, 0.3) is 0 Å². The van der Waals surface area contributed by atoms with Gasteiger partial charge in [-0.05, 0) is 38.6 Å². The van der Waals surface area contributed by atoms with E-state index in [4.69, 9.17) is 0 Å². The highest BCUT2D eigenvalue weighted by Crippen LogP contribution is 2.29. The summed E-state index contributed by atoms with van der Waals surface area (Å²) in [6, 6.07) is 1.63. The Kier molecular flexibility index (Phi) is 3.39. The van der Waals surface area contributed by atoms with E-state index >= 15 is 0 Å². The van der Waals surface area contributed by atoms with Gasteiger partial charge in [-0.3, -0.25) is 0 Å². The first-order valence-electron chi connectivity index (χ1n) is 5.62. The van der Waals surface area contributed by atoms with Gasteiger partial charge in [-0.25, -0.2) is 0 Å². The van der Waals surface area contributed by atoms with Crippen LogP contribution in [-0.4, -0.2) is 24.0 Å². The molecule has 0 aliphatic heterocycles. The summed E-state index contributed by atoms with van der Waals surface area (Å²) in [7, 11) is 2.29. The Bertz CT molecular complexity index is 153. The quantitative estimate of drug-likeness (QED) is 0.649. The molecule has 1 fully saturated rings. The van der Waals surface area contributed by atoms with Crippen molar-refractivity contribution in [1.82, 2.24) is 4.90 Å². The van der Waals surface area contributed by atoms with Crippen LogP contribution in [0.4, 0.5) is 0 Å². The van der Waals surface area contributed by atoms with Gasteiger partial charge in [0, 0.05) is 12.1 Å².